The summed E-state index contributed by atoms with van der Waals surface area (Å²) in [5, 5.41) is 9.81. The second-order valence-corrected chi connectivity index (χ2v) is 6.06. The van der Waals surface area contributed by atoms with Crippen molar-refractivity contribution in [3.05, 3.63) is 58.9 Å². The lowest BCUT2D eigenvalue weighted by Gasteiger charge is -2.16. The second kappa shape index (κ2) is 6.73. The molecule has 0 fully saturated rings. The van der Waals surface area contributed by atoms with Crippen LogP contribution < -0.4 is 0 Å². The summed E-state index contributed by atoms with van der Waals surface area (Å²) in [6.07, 6.45) is 1.53. The van der Waals surface area contributed by atoms with Gasteiger partial charge in [-0.3, -0.25) is 4.99 Å². The molecule has 0 aliphatic carbocycles. The molecule has 2 rings (SSSR count). The first-order chi connectivity index (χ1) is 10.4. The van der Waals surface area contributed by atoms with E-state index in [0.717, 1.165) is 16.8 Å². The summed E-state index contributed by atoms with van der Waals surface area (Å²) in [4.78, 5) is 4.57. The summed E-state index contributed by atoms with van der Waals surface area (Å²) >= 11 is 0. The number of phenols is 1. The molecule has 0 radical (unpaired) electrons. The number of aromatic hydroxyl groups is 1. The third-order valence-electron chi connectivity index (χ3n) is 3.66. The smallest absolute Gasteiger partial charge is 0.124 e. The predicted octanol–water partition coefficient (Wildman–Crippen LogP) is 5.53. The average Bonchev–Trinajstić information content (AvgIpc) is 2.47. The molecule has 0 heterocycles. The molecule has 0 aliphatic heterocycles. The number of hydrogen-bond acceptors (Lipinski definition) is 2. The minimum atomic E-state index is -0.388. The Kier molecular flexibility index (Phi) is 4.96. The van der Waals surface area contributed by atoms with Crippen molar-refractivity contribution >= 4 is 11.9 Å². The van der Waals surface area contributed by atoms with Gasteiger partial charge in [0.25, 0.3) is 0 Å². The lowest BCUT2D eigenvalue weighted by Crippen LogP contribution is -1.96. The Balaban J connectivity index is 2.51. The fourth-order valence-corrected chi connectivity index (χ4v) is 2.42. The molecule has 0 spiro atoms. The van der Waals surface area contributed by atoms with Gasteiger partial charge in [-0.1, -0.05) is 45.9 Å². The van der Waals surface area contributed by atoms with Gasteiger partial charge in [-0.2, -0.15) is 0 Å². The SMILES string of the molecule is CC(C)c1cccc(C(C)C)c1N=Cc1cc(F)ccc1O. The number of halogens is 1. The maximum Gasteiger partial charge on any atom is 0.124 e. The number of hydrogen-bond donors (Lipinski definition) is 1. The van der Waals surface area contributed by atoms with Gasteiger partial charge >= 0.3 is 0 Å². The van der Waals surface area contributed by atoms with E-state index in [1.54, 1.807) is 0 Å². The number of benzene rings is 2. The van der Waals surface area contributed by atoms with Gasteiger partial charge in [0.1, 0.15) is 11.6 Å². The van der Waals surface area contributed by atoms with Gasteiger partial charge in [-0.05, 0) is 41.2 Å². The van der Waals surface area contributed by atoms with E-state index in [1.807, 2.05) is 6.07 Å². The number of rotatable bonds is 4. The van der Waals surface area contributed by atoms with Crippen LogP contribution in [0.3, 0.4) is 0 Å². The molecule has 1 N–H and O–H groups in total. The van der Waals surface area contributed by atoms with Crippen molar-refractivity contribution in [2.24, 2.45) is 4.99 Å². The monoisotopic (exact) mass is 299 g/mol. The van der Waals surface area contributed by atoms with E-state index in [1.165, 1.54) is 24.4 Å². The first kappa shape index (κ1) is 16.2. The van der Waals surface area contributed by atoms with Crippen LogP contribution in [0.1, 0.15) is 56.2 Å². The zero-order valence-electron chi connectivity index (χ0n) is 13.5. The van der Waals surface area contributed by atoms with E-state index in [2.05, 4.69) is 44.8 Å². The van der Waals surface area contributed by atoms with Crippen molar-refractivity contribution in [1.29, 1.82) is 0 Å². The van der Waals surface area contributed by atoms with E-state index in [-0.39, 0.29) is 11.6 Å². The number of nitrogens with zero attached hydrogens (tertiary/aromatic N) is 1. The maximum absolute atomic E-state index is 13.3. The molecule has 0 amide bonds. The second-order valence-electron chi connectivity index (χ2n) is 6.06. The lowest BCUT2D eigenvalue weighted by molar-refractivity contribution is 0.472. The average molecular weight is 299 g/mol. The van der Waals surface area contributed by atoms with E-state index >= 15 is 0 Å². The number of aliphatic imine (C=N–C) groups is 1. The summed E-state index contributed by atoms with van der Waals surface area (Å²) in [6, 6.07) is 10.0. The highest BCUT2D eigenvalue weighted by Crippen LogP contribution is 2.34. The van der Waals surface area contributed by atoms with Crippen molar-refractivity contribution < 1.29 is 9.50 Å². The minimum Gasteiger partial charge on any atom is -0.507 e. The lowest BCUT2D eigenvalue weighted by atomic mass is 9.93. The molecule has 22 heavy (non-hydrogen) atoms. The number of phenolic OH excluding ortho intramolecular Hbond substituents is 1. The van der Waals surface area contributed by atoms with Gasteiger partial charge in [0.15, 0.2) is 0 Å². The van der Waals surface area contributed by atoms with E-state index in [0.29, 0.717) is 17.4 Å². The molecule has 0 saturated carbocycles. The van der Waals surface area contributed by atoms with Crippen molar-refractivity contribution in [2.45, 2.75) is 39.5 Å². The van der Waals surface area contributed by atoms with E-state index in [4.69, 9.17) is 0 Å². The topological polar surface area (TPSA) is 32.6 Å². The molecule has 0 aliphatic rings. The van der Waals surface area contributed by atoms with Crippen molar-refractivity contribution in [3.63, 3.8) is 0 Å². The largest absolute Gasteiger partial charge is 0.507 e. The van der Waals surface area contributed by atoms with Crippen LogP contribution in [0, 0.1) is 5.82 Å². The summed E-state index contributed by atoms with van der Waals surface area (Å²) in [6.45, 7) is 8.49. The Morgan fingerprint density at radius 1 is 1.00 bits per heavy atom. The first-order valence-corrected chi connectivity index (χ1v) is 7.55. The zero-order chi connectivity index (χ0) is 16.3. The van der Waals surface area contributed by atoms with E-state index < -0.39 is 0 Å². The Morgan fingerprint density at radius 3 is 2.14 bits per heavy atom. The third-order valence-corrected chi connectivity index (χ3v) is 3.66. The van der Waals surface area contributed by atoms with Crippen LogP contribution in [0.5, 0.6) is 5.75 Å². The molecule has 0 bridgehead atoms. The maximum atomic E-state index is 13.3. The van der Waals surface area contributed by atoms with Crippen LogP contribution in [-0.2, 0) is 0 Å². The Morgan fingerprint density at radius 2 is 1.59 bits per heavy atom. The van der Waals surface area contributed by atoms with E-state index in [9.17, 15) is 9.50 Å². The quantitative estimate of drug-likeness (QED) is 0.740. The van der Waals surface area contributed by atoms with Crippen molar-refractivity contribution in [1.82, 2.24) is 0 Å². The molecule has 2 aromatic rings. The summed E-state index contributed by atoms with van der Waals surface area (Å²) in [5.74, 6) is 0.317. The molecule has 2 aromatic carbocycles. The molecule has 0 unspecified atom stereocenters. The van der Waals surface area contributed by atoms with Gasteiger partial charge in [-0.25, -0.2) is 4.39 Å². The molecule has 2 nitrogen and oxygen atoms in total. The van der Waals surface area contributed by atoms with Crippen LogP contribution in [-0.4, -0.2) is 11.3 Å². The molecular weight excluding hydrogens is 277 g/mol. The fraction of sp³-hybridized carbons (Fsp3) is 0.316. The normalized spacial score (nSPS) is 11.8. The first-order valence-electron chi connectivity index (χ1n) is 7.55. The van der Waals surface area contributed by atoms with Crippen LogP contribution >= 0.6 is 0 Å². The molecule has 0 saturated heterocycles. The Labute approximate surface area is 131 Å². The molecule has 3 heteroatoms. The number of para-hydroxylation sites is 1. The molecular formula is C19H22FNO. The van der Waals surface area contributed by atoms with Gasteiger partial charge in [0.2, 0.25) is 0 Å². The van der Waals surface area contributed by atoms with Gasteiger partial charge in [-0.15, -0.1) is 0 Å². The summed E-state index contributed by atoms with van der Waals surface area (Å²) < 4.78 is 13.3. The third kappa shape index (κ3) is 3.53. The van der Waals surface area contributed by atoms with Crippen molar-refractivity contribution in [3.8, 4) is 5.75 Å². The Bertz CT molecular complexity index is 664. The van der Waals surface area contributed by atoms with Gasteiger partial charge in [0.05, 0.1) is 5.69 Å². The van der Waals surface area contributed by atoms with Crippen LogP contribution in [0.4, 0.5) is 10.1 Å². The highest BCUT2D eigenvalue weighted by molar-refractivity contribution is 5.86. The molecule has 116 valence electrons. The fourth-order valence-electron chi connectivity index (χ4n) is 2.42. The van der Waals surface area contributed by atoms with Crippen LogP contribution in [0.25, 0.3) is 0 Å². The highest BCUT2D eigenvalue weighted by Gasteiger charge is 2.12. The molecule has 0 atom stereocenters. The Hall–Kier alpha value is -2.16. The summed E-state index contributed by atoms with van der Waals surface area (Å²) in [5.41, 5.74) is 3.60. The minimum absolute atomic E-state index is 0.0262. The zero-order valence-corrected chi connectivity index (χ0v) is 13.5. The molecule has 0 aromatic heterocycles. The highest BCUT2D eigenvalue weighted by atomic mass is 19.1. The van der Waals surface area contributed by atoms with Crippen LogP contribution in [0.2, 0.25) is 0 Å². The predicted molar refractivity (Wildman–Crippen MR) is 89.9 cm³/mol. The van der Waals surface area contributed by atoms with Gasteiger partial charge < -0.3 is 5.11 Å². The van der Waals surface area contributed by atoms with Gasteiger partial charge in [0, 0.05) is 11.8 Å². The summed E-state index contributed by atoms with van der Waals surface area (Å²) in [7, 11) is 0. The standard InChI is InChI=1S/C19H22FNO/c1-12(2)16-6-5-7-17(13(3)4)19(16)21-11-14-10-15(20)8-9-18(14)22/h5-13,22H,1-4H3. The van der Waals surface area contributed by atoms with Crippen LogP contribution in [0.15, 0.2) is 41.4 Å². The van der Waals surface area contributed by atoms with Crippen molar-refractivity contribution in [2.75, 3.05) is 0 Å².